The molecule has 1 aliphatic rings. The van der Waals surface area contributed by atoms with Crippen molar-refractivity contribution in [3.8, 4) is 18.1 Å². The van der Waals surface area contributed by atoms with Gasteiger partial charge in [-0.15, -0.1) is 6.42 Å². The fourth-order valence-corrected chi connectivity index (χ4v) is 4.30. The summed E-state index contributed by atoms with van der Waals surface area (Å²) < 4.78 is 24.4. The Hall–Kier alpha value is -3.70. The number of nitrogens with zero attached hydrogens (tertiary/aromatic N) is 2. The minimum Gasteiger partial charge on any atom is -0.513 e. The van der Waals surface area contributed by atoms with Gasteiger partial charge in [0.05, 0.1) is 11.9 Å². The summed E-state index contributed by atoms with van der Waals surface area (Å²) in [7, 11) is 0. The molecule has 60 heavy (non-hydrogen) atoms. The van der Waals surface area contributed by atoms with E-state index in [9.17, 15) is 9.18 Å². The summed E-state index contributed by atoms with van der Waals surface area (Å²) >= 11 is 0. The van der Waals surface area contributed by atoms with E-state index in [-0.39, 0.29) is 23.2 Å². The first-order valence-corrected chi connectivity index (χ1v) is 23.2. The number of ether oxygens (including phenoxy) is 2. The van der Waals surface area contributed by atoms with E-state index in [1.807, 2.05) is 65.1 Å². The summed E-state index contributed by atoms with van der Waals surface area (Å²) in [4.78, 5) is 19.4. The van der Waals surface area contributed by atoms with Crippen LogP contribution in [-0.2, 0) is 16.0 Å². The first kappa shape index (κ1) is 65.4. The van der Waals surface area contributed by atoms with Crippen LogP contribution in [0.3, 0.4) is 0 Å². The highest BCUT2D eigenvalue weighted by molar-refractivity contribution is 5.99. The van der Waals surface area contributed by atoms with Crippen LogP contribution in [0.25, 0.3) is 0 Å². The second-order valence-electron chi connectivity index (χ2n) is 14.8. The van der Waals surface area contributed by atoms with Crippen molar-refractivity contribution in [2.75, 3.05) is 0 Å². The number of halogens is 1. The number of carbonyl (C=O) groups is 1. The highest BCUT2D eigenvalue weighted by Gasteiger charge is 2.35. The number of rotatable bonds is 17. The van der Waals surface area contributed by atoms with Crippen LogP contribution in [0.1, 0.15) is 213 Å². The number of benzene rings is 1. The van der Waals surface area contributed by atoms with Crippen LogP contribution in [-0.4, -0.2) is 34.8 Å². The second-order valence-corrected chi connectivity index (χ2v) is 14.8. The minimum absolute atomic E-state index is 0.129. The fourth-order valence-electron chi connectivity index (χ4n) is 4.30. The predicted molar refractivity (Wildman–Crippen MR) is 264 cm³/mol. The van der Waals surface area contributed by atoms with Crippen molar-refractivity contribution >= 4 is 18.0 Å². The number of nitrogens with two attached hydrogens (primary N) is 1. The van der Waals surface area contributed by atoms with Gasteiger partial charge in [-0.2, -0.15) is 4.39 Å². The van der Waals surface area contributed by atoms with Gasteiger partial charge in [0, 0.05) is 12.6 Å². The van der Waals surface area contributed by atoms with E-state index in [2.05, 4.69) is 91.7 Å². The summed E-state index contributed by atoms with van der Waals surface area (Å²) in [6.07, 6.45) is 25.9. The smallest absolute Gasteiger partial charge is 0.311 e. The Kier molecular flexibility index (Phi) is 50.6. The zero-order valence-corrected chi connectivity index (χ0v) is 41.7. The van der Waals surface area contributed by atoms with Gasteiger partial charge in [0.15, 0.2) is 5.84 Å². The van der Waals surface area contributed by atoms with Crippen molar-refractivity contribution in [1.82, 2.24) is 0 Å². The number of aliphatic hydroxyl groups is 1. The van der Waals surface area contributed by atoms with E-state index in [1.165, 1.54) is 57.1 Å². The minimum atomic E-state index is -0.545. The zero-order chi connectivity index (χ0) is 47.4. The third-order valence-electron chi connectivity index (χ3n) is 8.52. The molecule has 0 bridgehead atoms. The molecule has 7 nitrogen and oxygen atoms in total. The van der Waals surface area contributed by atoms with E-state index in [4.69, 9.17) is 26.7 Å². The molecule has 0 amide bonds. The Bertz CT molecular complexity index is 1310. The van der Waals surface area contributed by atoms with E-state index in [0.717, 1.165) is 56.9 Å². The number of aryl methyl sites for hydroxylation is 1. The number of unbranched alkanes of at least 4 members (excludes halogenated alkanes) is 5. The predicted octanol–water partition coefficient (Wildman–Crippen LogP) is 16.2. The Morgan fingerprint density at radius 2 is 1.50 bits per heavy atom. The van der Waals surface area contributed by atoms with Crippen molar-refractivity contribution in [3.63, 3.8) is 0 Å². The average Bonchev–Trinajstić information content (AvgIpc) is 3.63. The first-order valence-electron chi connectivity index (χ1n) is 23.2. The van der Waals surface area contributed by atoms with Gasteiger partial charge in [-0.25, -0.2) is 4.99 Å². The lowest BCUT2D eigenvalue weighted by atomic mass is 9.94. The Labute approximate surface area is 371 Å². The maximum atomic E-state index is 13.4. The largest absolute Gasteiger partial charge is 0.513 e. The van der Waals surface area contributed by atoms with Crippen LogP contribution >= 0.6 is 0 Å². The molecular weight excluding hydrogens is 750 g/mol. The van der Waals surface area contributed by atoms with E-state index in [1.54, 1.807) is 0 Å². The molecular formula is C52H94FN3O4. The molecule has 0 saturated carbocycles. The van der Waals surface area contributed by atoms with Crippen LogP contribution in [0.5, 0.6) is 5.75 Å². The Balaban J connectivity index is -0.000000220. The van der Waals surface area contributed by atoms with Crippen molar-refractivity contribution in [3.05, 3.63) is 65.5 Å². The molecule has 1 heterocycles. The number of aliphatic imine (C=N–C) groups is 2. The van der Waals surface area contributed by atoms with E-state index in [0.29, 0.717) is 36.3 Å². The zero-order valence-electron chi connectivity index (χ0n) is 41.7. The summed E-state index contributed by atoms with van der Waals surface area (Å²) in [5.74, 6) is 3.44. The van der Waals surface area contributed by atoms with E-state index < -0.39 is 5.95 Å². The van der Waals surface area contributed by atoms with Crippen molar-refractivity contribution in [1.29, 1.82) is 0 Å². The Morgan fingerprint density at radius 1 is 0.983 bits per heavy atom. The first-order chi connectivity index (χ1) is 28.5. The molecule has 1 aliphatic heterocycles. The van der Waals surface area contributed by atoms with Crippen molar-refractivity contribution in [2.45, 2.75) is 225 Å². The number of carbonyl (C=O) groups excluding carboxylic acids is 1. The monoisotopic (exact) mass is 844 g/mol. The SMILES string of the molecule is C#CC1(CCCC)CCC(C)O1.C=C(C)O.CC.CCC/C=C(F)/N=C(/N)C(N=CC(C)CC)=C(C)C.CCCC.CCCC.CCCCC(=O)Oc1ccc(CC)cc1. The summed E-state index contributed by atoms with van der Waals surface area (Å²) in [6, 6.07) is 7.68. The lowest BCUT2D eigenvalue weighted by molar-refractivity contribution is -0.134. The molecule has 3 N–H and O–H groups in total. The molecule has 8 heteroatoms. The van der Waals surface area contributed by atoms with Gasteiger partial charge in [-0.3, -0.25) is 9.79 Å². The molecule has 0 aliphatic carbocycles. The van der Waals surface area contributed by atoms with Crippen LogP contribution in [0.4, 0.5) is 4.39 Å². The third-order valence-corrected chi connectivity index (χ3v) is 8.52. The molecule has 3 unspecified atom stereocenters. The average molecular weight is 844 g/mol. The molecule has 2 rings (SSSR count). The summed E-state index contributed by atoms with van der Waals surface area (Å²) in [6.45, 7) is 35.7. The number of esters is 1. The van der Waals surface area contributed by atoms with Crippen LogP contribution in [0.15, 0.2) is 69.9 Å². The van der Waals surface area contributed by atoms with Crippen LogP contribution < -0.4 is 10.5 Å². The topological polar surface area (TPSA) is 107 Å². The quantitative estimate of drug-likeness (QED) is 0.0309. The molecule has 1 fully saturated rings. The number of hydrogen-bond donors (Lipinski definition) is 2. The number of allylic oxidation sites excluding steroid dienone is 3. The van der Waals surface area contributed by atoms with Crippen molar-refractivity contribution in [2.24, 2.45) is 21.6 Å². The standard InChI is InChI=1S/C15H26FN3.C13H18O2.C11H18O.2C4H10.C3H6O.C2H6/c1-6-8-9-13(16)19-15(17)14(11(3)4)18-10-12(5)7-2;1-3-5-6-13(14)15-12-9-7-11(4-2)8-10-12;1-4-6-8-11(5-2)9-7-10(3)12-11;2*1-3-4-2;1-3(2)4;1-2/h9-10,12H,6-8H2,1-5H3,(H2,17,19);7-10H,3-6H2,1-2H3;2,10H,4,6-9H2,1,3H3;2*3-4H2,1-2H3;4H,1H2,2H3;1-2H3/b13-9+,18-10?;;;;;;. The summed E-state index contributed by atoms with van der Waals surface area (Å²) in [5, 5.41) is 7.86. The number of amidine groups is 1. The van der Waals surface area contributed by atoms with Gasteiger partial charge >= 0.3 is 5.97 Å². The van der Waals surface area contributed by atoms with E-state index >= 15 is 0 Å². The number of terminal acetylenes is 1. The van der Waals surface area contributed by atoms with Gasteiger partial charge in [-0.05, 0) is 114 Å². The van der Waals surface area contributed by atoms with Gasteiger partial charge in [-0.1, -0.05) is 153 Å². The molecule has 1 saturated heterocycles. The molecule has 348 valence electrons. The maximum absolute atomic E-state index is 13.4. The molecule has 1 aromatic rings. The van der Waals surface area contributed by atoms with Gasteiger partial charge in [0.25, 0.3) is 0 Å². The molecule has 0 radical (unpaired) electrons. The lowest BCUT2D eigenvalue weighted by Gasteiger charge is -2.22. The van der Waals surface area contributed by atoms with Crippen LogP contribution in [0.2, 0.25) is 0 Å². The van der Waals surface area contributed by atoms with Gasteiger partial charge in [0.1, 0.15) is 17.0 Å². The molecule has 3 atom stereocenters. The van der Waals surface area contributed by atoms with Gasteiger partial charge in [0.2, 0.25) is 5.95 Å². The highest BCUT2D eigenvalue weighted by atomic mass is 19.1. The molecule has 0 aromatic heterocycles. The third kappa shape index (κ3) is 42.4. The lowest BCUT2D eigenvalue weighted by Crippen LogP contribution is -2.26. The molecule has 1 aromatic carbocycles. The summed E-state index contributed by atoms with van der Waals surface area (Å²) in [5.41, 5.74) is 8.33. The Morgan fingerprint density at radius 3 is 1.87 bits per heavy atom. The van der Waals surface area contributed by atoms with Crippen LogP contribution in [0, 0.1) is 18.3 Å². The maximum Gasteiger partial charge on any atom is 0.311 e. The fraction of sp³-hybridized carbons (Fsp3) is 0.673. The molecule has 0 spiro atoms. The second kappa shape index (κ2) is 46.4. The van der Waals surface area contributed by atoms with Gasteiger partial charge < -0.3 is 20.3 Å². The number of aliphatic hydroxyl groups excluding tert-OH is 1. The highest BCUT2D eigenvalue weighted by Crippen LogP contribution is 2.33. The normalized spacial score (nSPS) is 15.7. The van der Waals surface area contributed by atoms with Crippen molar-refractivity contribution < 1.29 is 23.8 Å². The number of hydrogen-bond acceptors (Lipinski definition) is 6.